The van der Waals surface area contributed by atoms with E-state index >= 15 is 0 Å². The van der Waals surface area contributed by atoms with Crippen LogP contribution in [0.4, 0.5) is 4.39 Å². The third kappa shape index (κ3) is 2.09. The number of nitrogens with zero attached hydrogens (tertiary/aromatic N) is 2. The molecule has 0 aliphatic rings. The summed E-state index contributed by atoms with van der Waals surface area (Å²) in [5, 5.41) is 0.455. The molecule has 0 bridgehead atoms. The summed E-state index contributed by atoms with van der Waals surface area (Å²) in [5.41, 5.74) is 2.20. The fraction of sp³-hybridized carbons (Fsp3) is 0.0714. The SMILES string of the molecule is Fc1ccc(Cl)c(-n2c(CCl)nc3ccccc32)c1. The molecule has 3 rings (SSSR count). The Labute approximate surface area is 119 Å². The molecule has 0 saturated carbocycles. The van der Waals surface area contributed by atoms with Crippen molar-refractivity contribution in [2.75, 3.05) is 0 Å². The fourth-order valence-corrected chi connectivity index (χ4v) is 2.47. The van der Waals surface area contributed by atoms with Crippen molar-refractivity contribution in [2.45, 2.75) is 5.88 Å². The fourth-order valence-electron chi connectivity index (χ4n) is 2.09. The summed E-state index contributed by atoms with van der Waals surface area (Å²) in [5.74, 6) is 0.509. The molecule has 0 N–H and O–H groups in total. The summed E-state index contributed by atoms with van der Waals surface area (Å²) in [6.45, 7) is 0. The van der Waals surface area contributed by atoms with Crippen LogP contribution in [-0.4, -0.2) is 9.55 Å². The first-order valence-electron chi connectivity index (χ1n) is 5.68. The maximum Gasteiger partial charge on any atom is 0.129 e. The highest BCUT2D eigenvalue weighted by Gasteiger charge is 2.14. The molecule has 0 unspecified atom stereocenters. The smallest absolute Gasteiger partial charge is 0.129 e. The Bertz CT molecular complexity index is 752. The maximum absolute atomic E-state index is 13.4. The van der Waals surface area contributed by atoms with Crippen molar-refractivity contribution in [3.63, 3.8) is 0 Å². The Hall–Kier alpha value is -1.58. The van der Waals surface area contributed by atoms with Gasteiger partial charge in [-0.2, -0.15) is 0 Å². The van der Waals surface area contributed by atoms with E-state index < -0.39 is 0 Å². The lowest BCUT2D eigenvalue weighted by molar-refractivity contribution is 0.626. The summed E-state index contributed by atoms with van der Waals surface area (Å²) in [4.78, 5) is 4.43. The lowest BCUT2D eigenvalue weighted by atomic mass is 10.2. The van der Waals surface area contributed by atoms with Crippen LogP contribution in [0, 0.1) is 5.82 Å². The summed E-state index contributed by atoms with van der Waals surface area (Å²) < 4.78 is 15.2. The number of alkyl halides is 1. The lowest BCUT2D eigenvalue weighted by Crippen LogP contribution is -2.00. The van der Waals surface area contributed by atoms with E-state index in [4.69, 9.17) is 23.2 Å². The molecule has 0 atom stereocenters. The minimum atomic E-state index is -0.349. The second-order valence-electron chi connectivity index (χ2n) is 4.08. The zero-order chi connectivity index (χ0) is 13.4. The molecule has 0 saturated heterocycles. The highest BCUT2D eigenvalue weighted by atomic mass is 35.5. The number of benzene rings is 2. The molecule has 19 heavy (non-hydrogen) atoms. The van der Waals surface area contributed by atoms with Crippen molar-refractivity contribution in [1.82, 2.24) is 9.55 Å². The summed E-state index contributed by atoms with van der Waals surface area (Å²) >= 11 is 12.1. The lowest BCUT2D eigenvalue weighted by Gasteiger charge is -2.09. The molecule has 2 nitrogen and oxygen atoms in total. The van der Waals surface area contributed by atoms with Crippen molar-refractivity contribution >= 4 is 34.2 Å². The minimum absolute atomic E-state index is 0.224. The van der Waals surface area contributed by atoms with Gasteiger partial charge >= 0.3 is 0 Å². The Morgan fingerprint density at radius 3 is 2.74 bits per heavy atom. The van der Waals surface area contributed by atoms with Crippen LogP contribution in [0.5, 0.6) is 0 Å². The number of hydrogen-bond donors (Lipinski definition) is 0. The normalized spacial score (nSPS) is 11.1. The Morgan fingerprint density at radius 2 is 1.95 bits per heavy atom. The van der Waals surface area contributed by atoms with Crippen LogP contribution in [0.25, 0.3) is 16.7 Å². The second-order valence-corrected chi connectivity index (χ2v) is 4.76. The van der Waals surface area contributed by atoms with E-state index in [-0.39, 0.29) is 11.7 Å². The number of rotatable bonds is 2. The topological polar surface area (TPSA) is 17.8 Å². The molecule has 0 spiro atoms. The zero-order valence-electron chi connectivity index (χ0n) is 9.78. The predicted octanol–water partition coefficient (Wildman–Crippen LogP) is 4.56. The van der Waals surface area contributed by atoms with E-state index in [1.54, 1.807) is 4.57 Å². The van der Waals surface area contributed by atoms with E-state index in [2.05, 4.69) is 4.98 Å². The van der Waals surface area contributed by atoms with Crippen LogP contribution in [0.15, 0.2) is 42.5 Å². The third-order valence-corrected chi connectivity index (χ3v) is 3.46. The van der Waals surface area contributed by atoms with Crippen LogP contribution in [0.1, 0.15) is 5.82 Å². The molecular weight excluding hydrogens is 286 g/mol. The first-order valence-corrected chi connectivity index (χ1v) is 6.59. The number of imidazole rings is 1. The molecule has 1 heterocycles. The maximum atomic E-state index is 13.4. The van der Waals surface area contributed by atoms with Crippen LogP contribution in [0.3, 0.4) is 0 Å². The third-order valence-electron chi connectivity index (χ3n) is 2.90. The zero-order valence-corrected chi connectivity index (χ0v) is 11.3. The van der Waals surface area contributed by atoms with Gasteiger partial charge in [0, 0.05) is 0 Å². The van der Waals surface area contributed by atoms with Gasteiger partial charge in [0.25, 0.3) is 0 Å². The Morgan fingerprint density at radius 1 is 1.16 bits per heavy atom. The first-order chi connectivity index (χ1) is 9.20. The van der Waals surface area contributed by atoms with E-state index in [0.29, 0.717) is 16.5 Å². The number of aromatic nitrogens is 2. The van der Waals surface area contributed by atoms with Crippen molar-refractivity contribution < 1.29 is 4.39 Å². The van der Waals surface area contributed by atoms with E-state index in [1.165, 1.54) is 18.2 Å². The average Bonchev–Trinajstić information content (AvgIpc) is 2.80. The van der Waals surface area contributed by atoms with Gasteiger partial charge in [0.1, 0.15) is 11.6 Å². The summed E-state index contributed by atoms with van der Waals surface area (Å²) in [6.07, 6.45) is 0. The first kappa shape index (κ1) is 12.5. The van der Waals surface area contributed by atoms with Crippen molar-refractivity contribution in [1.29, 1.82) is 0 Å². The van der Waals surface area contributed by atoms with Crippen molar-refractivity contribution in [3.05, 3.63) is 59.1 Å². The van der Waals surface area contributed by atoms with Crippen LogP contribution >= 0.6 is 23.2 Å². The monoisotopic (exact) mass is 294 g/mol. The predicted molar refractivity (Wildman–Crippen MR) is 75.6 cm³/mol. The Kier molecular flexibility index (Phi) is 3.17. The van der Waals surface area contributed by atoms with Gasteiger partial charge in [0.15, 0.2) is 0 Å². The molecule has 0 radical (unpaired) electrons. The molecule has 5 heteroatoms. The van der Waals surface area contributed by atoms with Gasteiger partial charge in [-0.1, -0.05) is 23.7 Å². The molecule has 0 fully saturated rings. The molecule has 3 aromatic rings. The molecule has 96 valence electrons. The van der Waals surface area contributed by atoms with Crippen molar-refractivity contribution in [2.24, 2.45) is 0 Å². The largest absolute Gasteiger partial charge is 0.294 e. The summed E-state index contributed by atoms with van der Waals surface area (Å²) in [7, 11) is 0. The average molecular weight is 295 g/mol. The molecular formula is C14H9Cl2FN2. The molecule has 0 aliphatic carbocycles. The van der Waals surface area contributed by atoms with Gasteiger partial charge in [-0.05, 0) is 30.3 Å². The molecule has 0 amide bonds. The van der Waals surface area contributed by atoms with Crippen LogP contribution < -0.4 is 0 Å². The van der Waals surface area contributed by atoms with E-state index in [1.807, 2.05) is 24.3 Å². The van der Waals surface area contributed by atoms with Gasteiger partial charge < -0.3 is 0 Å². The summed E-state index contributed by atoms with van der Waals surface area (Å²) in [6, 6.07) is 11.8. The number of fused-ring (bicyclic) bond motifs is 1. The molecule has 0 aliphatic heterocycles. The minimum Gasteiger partial charge on any atom is -0.294 e. The van der Waals surface area contributed by atoms with Gasteiger partial charge in [-0.3, -0.25) is 4.57 Å². The van der Waals surface area contributed by atoms with Gasteiger partial charge in [-0.15, -0.1) is 11.6 Å². The number of halogens is 3. The van der Waals surface area contributed by atoms with E-state index in [0.717, 1.165) is 11.0 Å². The number of para-hydroxylation sites is 2. The number of hydrogen-bond acceptors (Lipinski definition) is 1. The Balaban J connectivity index is 2.37. The molecule has 1 aromatic heterocycles. The highest BCUT2D eigenvalue weighted by molar-refractivity contribution is 6.32. The standard InChI is InChI=1S/C14H9Cl2FN2/c15-8-14-18-11-3-1-2-4-12(11)19(14)13-7-9(17)5-6-10(13)16/h1-7H,8H2. The highest BCUT2D eigenvalue weighted by Crippen LogP contribution is 2.28. The molecule has 2 aromatic carbocycles. The van der Waals surface area contributed by atoms with E-state index in [9.17, 15) is 4.39 Å². The van der Waals surface area contributed by atoms with Crippen LogP contribution in [0.2, 0.25) is 5.02 Å². The second kappa shape index (κ2) is 4.83. The van der Waals surface area contributed by atoms with Gasteiger partial charge in [0.05, 0.1) is 27.6 Å². The van der Waals surface area contributed by atoms with Crippen molar-refractivity contribution in [3.8, 4) is 5.69 Å². The van der Waals surface area contributed by atoms with Gasteiger partial charge in [-0.25, -0.2) is 9.37 Å². The quantitative estimate of drug-likeness (QED) is 0.634. The van der Waals surface area contributed by atoms with Crippen LogP contribution in [-0.2, 0) is 5.88 Å². The van der Waals surface area contributed by atoms with Gasteiger partial charge in [0.2, 0.25) is 0 Å².